The highest BCUT2D eigenvalue weighted by molar-refractivity contribution is 7.92. The lowest BCUT2D eigenvalue weighted by molar-refractivity contribution is -0.140. The summed E-state index contributed by atoms with van der Waals surface area (Å²) in [6, 6.07) is 10.4. The molecule has 0 aliphatic rings. The summed E-state index contributed by atoms with van der Waals surface area (Å²) in [6.07, 6.45) is 0.569. The van der Waals surface area contributed by atoms with Gasteiger partial charge in [0.05, 0.1) is 18.7 Å². The third-order valence-corrected chi connectivity index (χ3v) is 5.83. The normalized spacial score (nSPS) is 10.9. The number of rotatable bonds is 10. The van der Waals surface area contributed by atoms with Crippen molar-refractivity contribution in [2.24, 2.45) is 0 Å². The Bertz CT molecular complexity index is 993. The van der Waals surface area contributed by atoms with Crippen LogP contribution in [0.3, 0.4) is 0 Å². The smallest absolute Gasteiger partial charge is 0.305 e. The lowest BCUT2D eigenvalue weighted by Crippen LogP contribution is -2.25. The highest BCUT2D eigenvalue weighted by Crippen LogP contribution is 2.26. The number of esters is 1. The predicted octanol–water partition coefficient (Wildman–Crippen LogP) is 3.22. The minimum Gasteiger partial charge on any atom is -0.494 e. The van der Waals surface area contributed by atoms with Gasteiger partial charge >= 0.3 is 5.97 Å². The fourth-order valence-electron chi connectivity index (χ4n) is 2.49. The van der Waals surface area contributed by atoms with Gasteiger partial charge in [-0.2, -0.15) is 0 Å². The minimum atomic E-state index is -4.03. The molecule has 0 saturated carbocycles. The molecular formula is C20H23ClN2O6S. The number of carbonyl (C=O) groups excluding carboxylic acids is 2. The number of hydrogen-bond acceptors (Lipinski definition) is 6. The van der Waals surface area contributed by atoms with Crippen molar-refractivity contribution in [3.63, 3.8) is 0 Å². The number of halogens is 1. The molecule has 10 heteroatoms. The van der Waals surface area contributed by atoms with Crippen molar-refractivity contribution >= 4 is 39.2 Å². The standard InChI is InChI=1S/C20H23ClN2O6S/c1-3-29-16-9-7-15(8-10-16)23-30(26,27)18-13-14(6-11-17(18)21)20(25)22-12-4-5-19(24)28-2/h6-11,13,23H,3-5,12H2,1-2H3,(H,22,25). The Labute approximate surface area is 180 Å². The third-order valence-electron chi connectivity index (χ3n) is 3.97. The van der Waals surface area contributed by atoms with Gasteiger partial charge in [0.25, 0.3) is 15.9 Å². The maximum atomic E-state index is 12.8. The summed E-state index contributed by atoms with van der Waals surface area (Å²) in [5, 5.41) is 2.61. The van der Waals surface area contributed by atoms with Crippen molar-refractivity contribution in [2.75, 3.05) is 25.0 Å². The molecule has 0 bridgehead atoms. The van der Waals surface area contributed by atoms with Crippen LogP contribution in [0.4, 0.5) is 5.69 Å². The van der Waals surface area contributed by atoms with Crippen molar-refractivity contribution in [1.29, 1.82) is 0 Å². The van der Waals surface area contributed by atoms with E-state index < -0.39 is 15.9 Å². The molecule has 8 nitrogen and oxygen atoms in total. The molecule has 30 heavy (non-hydrogen) atoms. The van der Waals surface area contributed by atoms with Gasteiger partial charge in [-0.1, -0.05) is 11.6 Å². The molecule has 1 amide bonds. The van der Waals surface area contributed by atoms with Crippen LogP contribution >= 0.6 is 11.6 Å². The van der Waals surface area contributed by atoms with E-state index in [0.717, 1.165) is 0 Å². The van der Waals surface area contributed by atoms with Crippen molar-refractivity contribution in [3.8, 4) is 5.75 Å². The first-order valence-electron chi connectivity index (χ1n) is 9.17. The number of methoxy groups -OCH3 is 1. The lowest BCUT2D eigenvalue weighted by Gasteiger charge is -2.12. The molecule has 0 atom stereocenters. The van der Waals surface area contributed by atoms with Crippen molar-refractivity contribution in [2.45, 2.75) is 24.7 Å². The third kappa shape index (κ3) is 6.64. The van der Waals surface area contributed by atoms with E-state index >= 15 is 0 Å². The number of carbonyl (C=O) groups is 2. The van der Waals surface area contributed by atoms with E-state index in [0.29, 0.717) is 24.5 Å². The van der Waals surface area contributed by atoms with Crippen LogP contribution in [0, 0.1) is 0 Å². The Morgan fingerprint density at radius 2 is 1.80 bits per heavy atom. The first-order chi connectivity index (χ1) is 14.3. The molecule has 0 radical (unpaired) electrons. The zero-order chi connectivity index (χ0) is 22.1. The highest BCUT2D eigenvalue weighted by atomic mass is 35.5. The van der Waals surface area contributed by atoms with Crippen LogP contribution in [0.5, 0.6) is 5.75 Å². The van der Waals surface area contributed by atoms with Crippen LogP contribution in [-0.4, -0.2) is 40.6 Å². The van der Waals surface area contributed by atoms with E-state index in [2.05, 4.69) is 14.8 Å². The molecule has 0 saturated heterocycles. The molecule has 162 valence electrons. The molecule has 2 rings (SSSR count). The largest absolute Gasteiger partial charge is 0.494 e. The van der Waals surface area contributed by atoms with Crippen LogP contribution in [0.2, 0.25) is 5.02 Å². The van der Waals surface area contributed by atoms with Crippen LogP contribution in [0.15, 0.2) is 47.4 Å². The highest BCUT2D eigenvalue weighted by Gasteiger charge is 2.20. The topological polar surface area (TPSA) is 111 Å². The molecule has 0 spiro atoms. The second kappa shape index (κ2) is 10.8. The summed E-state index contributed by atoms with van der Waals surface area (Å²) in [6.45, 7) is 2.59. The van der Waals surface area contributed by atoms with Gasteiger partial charge in [-0.15, -0.1) is 0 Å². The van der Waals surface area contributed by atoms with Gasteiger partial charge in [0.1, 0.15) is 10.6 Å². The number of benzene rings is 2. The summed E-state index contributed by atoms with van der Waals surface area (Å²) in [7, 11) is -2.74. The predicted molar refractivity (Wildman–Crippen MR) is 113 cm³/mol. The van der Waals surface area contributed by atoms with Gasteiger partial charge in [0.15, 0.2) is 0 Å². The van der Waals surface area contributed by atoms with Crippen molar-refractivity contribution in [3.05, 3.63) is 53.1 Å². The molecule has 2 aromatic carbocycles. The van der Waals surface area contributed by atoms with Gasteiger partial charge in [0.2, 0.25) is 0 Å². The molecule has 0 heterocycles. The zero-order valence-electron chi connectivity index (χ0n) is 16.6. The Kier molecular flexibility index (Phi) is 8.49. The fourth-order valence-corrected chi connectivity index (χ4v) is 4.07. The van der Waals surface area contributed by atoms with Crippen molar-refractivity contribution < 1.29 is 27.5 Å². The van der Waals surface area contributed by atoms with Gasteiger partial charge in [-0.3, -0.25) is 14.3 Å². The molecule has 0 aliphatic carbocycles. The van der Waals surface area contributed by atoms with Gasteiger partial charge < -0.3 is 14.8 Å². The van der Waals surface area contributed by atoms with Crippen molar-refractivity contribution in [1.82, 2.24) is 5.32 Å². The molecule has 2 N–H and O–H groups in total. The first kappa shape index (κ1) is 23.5. The van der Waals surface area contributed by atoms with Gasteiger partial charge in [-0.05, 0) is 55.8 Å². The number of anilines is 1. The Morgan fingerprint density at radius 3 is 2.43 bits per heavy atom. The minimum absolute atomic E-state index is 0.0179. The Morgan fingerprint density at radius 1 is 1.10 bits per heavy atom. The van der Waals surface area contributed by atoms with E-state index in [1.807, 2.05) is 6.92 Å². The Balaban J connectivity index is 2.10. The number of sulfonamides is 1. The fraction of sp³-hybridized carbons (Fsp3) is 0.300. The summed E-state index contributed by atoms with van der Waals surface area (Å²) < 4.78 is 37.8. The molecule has 0 fully saturated rings. The van der Waals surface area contributed by atoms with E-state index in [9.17, 15) is 18.0 Å². The Hall–Kier alpha value is -2.78. The molecule has 0 unspecified atom stereocenters. The zero-order valence-corrected chi connectivity index (χ0v) is 18.2. The lowest BCUT2D eigenvalue weighted by atomic mass is 10.2. The second-order valence-electron chi connectivity index (χ2n) is 6.14. The van der Waals surface area contributed by atoms with E-state index in [1.165, 1.54) is 25.3 Å². The van der Waals surface area contributed by atoms with Crippen LogP contribution < -0.4 is 14.8 Å². The van der Waals surface area contributed by atoms with Gasteiger partial charge in [-0.25, -0.2) is 8.42 Å². The first-order valence-corrected chi connectivity index (χ1v) is 11.0. The van der Waals surface area contributed by atoms with E-state index in [-0.39, 0.29) is 34.4 Å². The number of hydrogen-bond donors (Lipinski definition) is 2. The monoisotopic (exact) mass is 454 g/mol. The maximum absolute atomic E-state index is 12.8. The summed E-state index contributed by atoms with van der Waals surface area (Å²) in [5.74, 6) is -0.233. The molecule has 0 aromatic heterocycles. The van der Waals surface area contributed by atoms with Crippen LogP contribution in [-0.2, 0) is 19.6 Å². The quantitative estimate of drug-likeness (QED) is 0.421. The second-order valence-corrected chi connectivity index (χ2v) is 8.20. The molecule has 0 aliphatic heterocycles. The summed E-state index contributed by atoms with van der Waals surface area (Å²) in [4.78, 5) is 23.2. The molecular weight excluding hydrogens is 432 g/mol. The van der Waals surface area contributed by atoms with Crippen LogP contribution in [0.1, 0.15) is 30.1 Å². The number of amides is 1. The van der Waals surface area contributed by atoms with E-state index in [1.54, 1.807) is 24.3 Å². The summed E-state index contributed by atoms with van der Waals surface area (Å²) >= 11 is 6.07. The van der Waals surface area contributed by atoms with Gasteiger partial charge in [0, 0.05) is 24.2 Å². The summed E-state index contributed by atoms with van der Waals surface area (Å²) in [5.41, 5.74) is 0.455. The SMILES string of the molecule is CCOc1ccc(NS(=O)(=O)c2cc(C(=O)NCCCC(=O)OC)ccc2Cl)cc1. The van der Waals surface area contributed by atoms with E-state index in [4.69, 9.17) is 16.3 Å². The number of ether oxygens (including phenoxy) is 2. The van der Waals surface area contributed by atoms with Crippen LogP contribution in [0.25, 0.3) is 0 Å². The average Bonchev–Trinajstić information content (AvgIpc) is 2.72. The number of nitrogens with one attached hydrogen (secondary N) is 2. The maximum Gasteiger partial charge on any atom is 0.305 e. The average molecular weight is 455 g/mol. The molecule has 2 aromatic rings.